The molecule has 0 radical (unpaired) electrons. The van der Waals surface area contributed by atoms with Gasteiger partial charge < -0.3 is 35.1 Å². The Labute approximate surface area is 288 Å². The van der Waals surface area contributed by atoms with Crippen molar-refractivity contribution in [3.05, 3.63) is 25.3 Å². The Hall–Kier alpha value is -1.16. The van der Waals surface area contributed by atoms with Gasteiger partial charge in [0.1, 0.15) is 5.60 Å². The van der Waals surface area contributed by atoms with Crippen LogP contribution in [0.5, 0.6) is 0 Å². The Kier molecular flexibility index (Phi) is 20.0. The fourth-order valence-corrected chi connectivity index (χ4v) is 7.74. The van der Waals surface area contributed by atoms with Gasteiger partial charge in [-0.05, 0) is 109 Å². The number of hydrogen-bond donors (Lipinski definition) is 2. The number of carbonyl (C=O) groups excluding carboxylic acids is 1. The van der Waals surface area contributed by atoms with Crippen LogP contribution in [0.2, 0.25) is 0 Å². The molecule has 0 bridgehead atoms. The summed E-state index contributed by atoms with van der Waals surface area (Å²) in [5.74, 6) is 2.56. The molecule has 0 spiro atoms. The highest BCUT2D eigenvalue weighted by molar-refractivity contribution is 5.85. The van der Waals surface area contributed by atoms with Gasteiger partial charge in [-0.1, -0.05) is 37.8 Å². The second-order valence-corrected chi connectivity index (χ2v) is 15.2. The first-order valence-corrected chi connectivity index (χ1v) is 18.2. The molecule has 2 saturated heterocycles. The number of alkyl carbamates (subject to hydrolysis) is 1. The Balaban J connectivity index is 0.000000328. The Morgan fingerprint density at radius 3 is 1.80 bits per heavy atom. The highest BCUT2D eigenvalue weighted by Gasteiger charge is 2.31. The van der Waals surface area contributed by atoms with E-state index in [2.05, 4.69) is 28.3 Å². The Morgan fingerprint density at radius 1 is 0.783 bits per heavy atom. The van der Waals surface area contributed by atoms with Gasteiger partial charge in [0.2, 0.25) is 0 Å². The van der Waals surface area contributed by atoms with Gasteiger partial charge in [0.05, 0.1) is 26.4 Å². The predicted octanol–water partition coefficient (Wildman–Crippen LogP) is 6.82. The van der Waals surface area contributed by atoms with E-state index in [0.717, 1.165) is 45.2 Å². The zero-order valence-corrected chi connectivity index (χ0v) is 30.4. The van der Waals surface area contributed by atoms with Crippen molar-refractivity contribution in [2.24, 2.45) is 29.4 Å². The molecule has 4 rings (SSSR count). The van der Waals surface area contributed by atoms with E-state index < -0.39 is 5.60 Å². The number of carbonyl (C=O) groups is 1. The predicted molar refractivity (Wildman–Crippen MR) is 193 cm³/mol. The van der Waals surface area contributed by atoms with Gasteiger partial charge in [-0.25, -0.2) is 4.79 Å². The molecular formula is C37H69ClN4O4. The fourth-order valence-electron chi connectivity index (χ4n) is 7.74. The van der Waals surface area contributed by atoms with Crippen molar-refractivity contribution in [2.75, 3.05) is 65.7 Å². The summed E-state index contributed by atoms with van der Waals surface area (Å²) in [5, 5.41) is 3.14. The van der Waals surface area contributed by atoms with Gasteiger partial charge in [0.15, 0.2) is 0 Å². The number of amides is 1. The molecular weight excluding hydrogens is 600 g/mol. The van der Waals surface area contributed by atoms with Gasteiger partial charge in [0.25, 0.3) is 0 Å². The van der Waals surface area contributed by atoms with Gasteiger partial charge >= 0.3 is 6.09 Å². The summed E-state index contributed by atoms with van der Waals surface area (Å²) in [7, 11) is 0. The summed E-state index contributed by atoms with van der Waals surface area (Å²) in [6.07, 6.45) is 18.4. The molecule has 2 unspecified atom stereocenters. The molecule has 4 fully saturated rings. The Bertz CT molecular complexity index is 856. The van der Waals surface area contributed by atoms with Crippen LogP contribution in [0.3, 0.4) is 0 Å². The lowest BCUT2D eigenvalue weighted by Gasteiger charge is -2.39. The van der Waals surface area contributed by atoms with Crippen molar-refractivity contribution < 1.29 is 19.0 Å². The number of piperidine rings is 2. The van der Waals surface area contributed by atoms with Crippen LogP contribution in [0.25, 0.3) is 0 Å². The Morgan fingerprint density at radius 2 is 1.28 bits per heavy atom. The van der Waals surface area contributed by atoms with Crippen LogP contribution >= 0.6 is 12.4 Å². The number of rotatable bonds is 13. The summed E-state index contributed by atoms with van der Waals surface area (Å²) in [4.78, 5) is 17.4. The van der Waals surface area contributed by atoms with E-state index >= 15 is 0 Å². The second-order valence-electron chi connectivity index (χ2n) is 15.2. The van der Waals surface area contributed by atoms with Crippen LogP contribution in [0.15, 0.2) is 25.3 Å². The number of hydrogen-bond acceptors (Lipinski definition) is 7. The molecule has 6 atom stereocenters. The third kappa shape index (κ3) is 16.3. The molecule has 1 amide bonds. The van der Waals surface area contributed by atoms with E-state index in [4.69, 9.17) is 19.9 Å². The number of likely N-dealkylation sites (tertiary alicyclic amines) is 2. The maximum Gasteiger partial charge on any atom is 0.407 e. The molecule has 2 aliphatic carbocycles. The van der Waals surface area contributed by atoms with Gasteiger partial charge in [-0.15, -0.1) is 25.6 Å². The summed E-state index contributed by atoms with van der Waals surface area (Å²) in [6, 6.07) is 0.669. The fraction of sp³-hybridized carbons (Fsp3) is 0.865. The molecule has 9 heteroatoms. The number of nitrogens with two attached hydrogens (primary N) is 1. The van der Waals surface area contributed by atoms with Crippen LogP contribution in [-0.4, -0.2) is 99.3 Å². The van der Waals surface area contributed by atoms with Crippen LogP contribution in [-0.2, 0) is 14.2 Å². The van der Waals surface area contributed by atoms with E-state index in [9.17, 15) is 4.79 Å². The molecule has 46 heavy (non-hydrogen) atoms. The first-order chi connectivity index (χ1) is 21.7. The highest BCUT2D eigenvalue weighted by Crippen LogP contribution is 2.28. The molecule has 0 aromatic rings. The zero-order chi connectivity index (χ0) is 32.5. The van der Waals surface area contributed by atoms with Crippen molar-refractivity contribution in [3.63, 3.8) is 0 Å². The van der Waals surface area contributed by atoms with Gasteiger partial charge in [-0.3, -0.25) is 0 Å². The number of nitrogens with one attached hydrogen (secondary N) is 1. The van der Waals surface area contributed by atoms with Crippen molar-refractivity contribution >= 4 is 18.5 Å². The maximum atomic E-state index is 12.2. The summed E-state index contributed by atoms with van der Waals surface area (Å²) in [6.45, 7) is 23.2. The van der Waals surface area contributed by atoms with Crippen LogP contribution in [0, 0.1) is 23.7 Å². The van der Waals surface area contributed by atoms with Crippen LogP contribution in [0.1, 0.15) is 97.8 Å². The van der Waals surface area contributed by atoms with Crippen LogP contribution in [0.4, 0.5) is 4.79 Å². The van der Waals surface area contributed by atoms with Crippen molar-refractivity contribution in [1.82, 2.24) is 15.1 Å². The van der Waals surface area contributed by atoms with Gasteiger partial charge in [-0.2, -0.15) is 0 Å². The van der Waals surface area contributed by atoms with E-state index in [0.29, 0.717) is 37.0 Å². The quantitative estimate of drug-likeness (QED) is 0.164. The molecule has 2 heterocycles. The summed E-state index contributed by atoms with van der Waals surface area (Å²) >= 11 is 0. The molecule has 268 valence electrons. The first-order valence-electron chi connectivity index (χ1n) is 18.2. The second kappa shape index (κ2) is 22.5. The monoisotopic (exact) mass is 669 g/mol. The molecule has 0 aromatic heterocycles. The smallest absolute Gasteiger partial charge is 0.407 e. The van der Waals surface area contributed by atoms with E-state index in [-0.39, 0.29) is 24.5 Å². The van der Waals surface area contributed by atoms with E-state index in [1.807, 2.05) is 32.9 Å². The third-order valence-electron chi connectivity index (χ3n) is 9.95. The van der Waals surface area contributed by atoms with Gasteiger partial charge in [0, 0.05) is 38.3 Å². The third-order valence-corrected chi connectivity index (χ3v) is 9.95. The van der Waals surface area contributed by atoms with Crippen LogP contribution < -0.4 is 11.1 Å². The SMILES string of the molecule is C=CCOCC1CCCN(C[C@@H]2CCCC[C@H]2N)C1.C=CCOCC1CCCN(C[C@@H]2CCCC[C@H]2NC(=O)OC(C)(C)C)C1.Cl. The average Bonchev–Trinajstić information content (AvgIpc) is 3.00. The standard InChI is InChI=1S/C21H38N2O3.C16H30N2O.ClH/c1-5-13-25-16-17-9-8-12-23(14-17)15-18-10-6-7-11-19(18)22-20(24)26-21(2,3)4;1-2-10-19-13-14-6-5-9-18(11-14)12-15-7-3-4-8-16(15)17;/h5,17-19H,1,6-16H2,2-4H3,(H,22,24);2,14-16H,1,3-13,17H2;1H/t17?,18-,19+;14?,15-,16+;/m00./s1. The summed E-state index contributed by atoms with van der Waals surface area (Å²) in [5.41, 5.74) is 5.82. The molecule has 8 nitrogen and oxygen atoms in total. The highest BCUT2D eigenvalue weighted by atomic mass is 35.5. The minimum Gasteiger partial charge on any atom is -0.444 e. The van der Waals surface area contributed by atoms with E-state index in [1.165, 1.54) is 90.3 Å². The summed E-state index contributed by atoms with van der Waals surface area (Å²) < 4.78 is 16.7. The first kappa shape index (κ1) is 41.0. The maximum absolute atomic E-state index is 12.2. The zero-order valence-electron chi connectivity index (χ0n) is 29.6. The minimum absolute atomic E-state index is 0. The number of ether oxygens (including phenoxy) is 3. The molecule has 2 saturated carbocycles. The van der Waals surface area contributed by atoms with E-state index in [1.54, 1.807) is 0 Å². The number of halogens is 1. The molecule has 4 aliphatic rings. The van der Waals surface area contributed by atoms with Crippen molar-refractivity contribution in [1.29, 1.82) is 0 Å². The largest absolute Gasteiger partial charge is 0.444 e. The topological polar surface area (TPSA) is 89.3 Å². The molecule has 3 N–H and O–H groups in total. The van der Waals surface area contributed by atoms with Crippen molar-refractivity contribution in [2.45, 2.75) is 116 Å². The molecule has 0 aromatic carbocycles. The van der Waals surface area contributed by atoms with Crippen molar-refractivity contribution in [3.8, 4) is 0 Å². The minimum atomic E-state index is -0.445. The molecule has 2 aliphatic heterocycles. The normalized spacial score (nSPS) is 29.4. The lowest BCUT2D eigenvalue weighted by atomic mass is 9.83. The lowest BCUT2D eigenvalue weighted by molar-refractivity contribution is 0.0414. The lowest BCUT2D eigenvalue weighted by Crippen LogP contribution is -2.49. The number of nitrogens with zero attached hydrogens (tertiary/aromatic N) is 2. The average molecular weight is 669 g/mol.